The molecule has 0 aliphatic heterocycles. The molecule has 0 saturated heterocycles. The second-order valence-corrected chi connectivity index (χ2v) is 10.3. The Morgan fingerprint density at radius 2 is 2.30 bits per heavy atom. The second kappa shape index (κ2) is 8.76. The number of carbonyl (C=O) groups excluding carboxylic acids is 1. The number of allylic oxidation sites excluding steroid dienone is 1. The first kappa shape index (κ1) is 20.8. The van der Waals surface area contributed by atoms with Gasteiger partial charge in [0, 0.05) is 11.4 Å². The van der Waals surface area contributed by atoms with Crippen LogP contribution in [0.1, 0.15) is 35.8 Å². The Hall–Kier alpha value is -2.41. The van der Waals surface area contributed by atoms with Crippen molar-refractivity contribution in [1.82, 2.24) is 9.55 Å². The largest absolute Gasteiger partial charge is 0.316 e. The van der Waals surface area contributed by atoms with Gasteiger partial charge >= 0.3 is 0 Å². The minimum atomic E-state index is -0.492. The molecule has 3 heterocycles. The van der Waals surface area contributed by atoms with E-state index in [0.29, 0.717) is 22.3 Å². The summed E-state index contributed by atoms with van der Waals surface area (Å²) in [6.45, 7) is 5.89. The van der Waals surface area contributed by atoms with E-state index in [1.165, 1.54) is 28.0 Å². The number of hydrogen-bond acceptors (Lipinski definition) is 7. The fourth-order valence-electron chi connectivity index (χ4n) is 3.52. The molecule has 0 spiro atoms. The number of nitriles is 1. The Morgan fingerprint density at radius 1 is 1.50 bits per heavy atom. The maximum absolute atomic E-state index is 13.3. The number of carbonyl (C=O) groups is 1. The van der Waals surface area contributed by atoms with Gasteiger partial charge < -0.3 is 5.32 Å². The molecule has 0 radical (unpaired) electrons. The summed E-state index contributed by atoms with van der Waals surface area (Å²) in [6.07, 6.45) is 5.84. The number of aromatic nitrogens is 2. The molecule has 3 aromatic heterocycles. The fourth-order valence-corrected chi connectivity index (χ4v) is 6.48. The van der Waals surface area contributed by atoms with E-state index in [1.54, 1.807) is 40.4 Å². The summed E-state index contributed by atoms with van der Waals surface area (Å²) in [7, 11) is 0. The first-order chi connectivity index (χ1) is 14.5. The molecule has 1 aliphatic carbocycles. The molecule has 6 nitrogen and oxygen atoms in total. The molecular formula is C21H20N4O2S3. The van der Waals surface area contributed by atoms with Crippen molar-refractivity contribution in [2.75, 3.05) is 5.32 Å². The molecule has 154 valence electrons. The molecule has 0 aromatic carbocycles. The van der Waals surface area contributed by atoms with Gasteiger partial charge in [-0.15, -0.1) is 29.3 Å². The number of fused-ring (bicyclic) bond motifs is 3. The molecule has 1 atom stereocenters. The fraction of sp³-hybridized carbons (Fsp3) is 0.333. The van der Waals surface area contributed by atoms with Gasteiger partial charge in [-0.05, 0) is 49.6 Å². The predicted molar refractivity (Wildman–Crippen MR) is 124 cm³/mol. The van der Waals surface area contributed by atoms with Gasteiger partial charge in [0.15, 0.2) is 5.16 Å². The van der Waals surface area contributed by atoms with Crippen molar-refractivity contribution in [2.24, 2.45) is 0 Å². The van der Waals surface area contributed by atoms with Crippen molar-refractivity contribution in [1.29, 1.82) is 5.26 Å². The van der Waals surface area contributed by atoms with Crippen LogP contribution in [0.2, 0.25) is 0 Å². The van der Waals surface area contributed by atoms with Crippen LogP contribution in [0, 0.1) is 11.3 Å². The number of amides is 1. The summed E-state index contributed by atoms with van der Waals surface area (Å²) in [4.78, 5) is 32.8. The Kier molecular flexibility index (Phi) is 6.09. The molecular weight excluding hydrogens is 436 g/mol. The molecule has 9 heteroatoms. The third-order valence-electron chi connectivity index (χ3n) is 5.03. The van der Waals surface area contributed by atoms with Crippen LogP contribution < -0.4 is 10.9 Å². The van der Waals surface area contributed by atoms with Crippen LogP contribution in [-0.4, -0.2) is 20.7 Å². The molecule has 1 amide bonds. The van der Waals surface area contributed by atoms with Gasteiger partial charge in [0.2, 0.25) is 5.91 Å². The van der Waals surface area contributed by atoms with E-state index >= 15 is 0 Å². The van der Waals surface area contributed by atoms with Crippen LogP contribution in [0.3, 0.4) is 0 Å². The van der Waals surface area contributed by atoms with E-state index in [4.69, 9.17) is 10.2 Å². The zero-order chi connectivity index (χ0) is 21.3. The van der Waals surface area contributed by atoms with Crippen molar-refractivity contribution >= 4 is 55.6 Å². The lowest BCUT2D eigenvalue weighted by Crippen LogP contribution is -2.27. The summed E-state index contributed by atoms with van der Waals surface area (Å²) in [5.74, 6) is -0.232. The van der Waals surface area contributed by atoms with E-state index in [2.05, 4.69) is 18.0 Å². The zero-order valence-corrected chi connectivity index (χ0v) is 18.9. The lowest BCUT2D eigenvalue weighted by molar-refractivity contribution is -0.115. The molecule has 3 aromatic rings. The molecule has 4 rings (SSSR count). The Bertz CT molecular complexity index is 1230. The van der Waals surface area contributed by atoms with Gasteiger partial charge in [-0.3, -0.25) is 14.2 Å². The smallest absolute Gasteiger partial charge is 0.263 e. The molecule has 0 fully saturated rings. The molecule has 0 bridgehead atoms. The van der Waals surface area contributed by atoms with E-state index in [1.807, 2.05) is 0 Å². The molecule has 1 aliphatic rings. The third-order valence-corrected chi connectivity index (χ3v) is 8.13. The summed E-state index contributed by atoms with van der Waals surface area (Å²) in [5, 5.41) is 15.0. The topological polar surface area (TPSA) is 87.8 Å². The van der Waals surface area contributed by atoms with Gasteiger partial charge in [-0.2, -0.15) is 5.26 Å². The van der Waals surface area contributed by atoms with Crippen LogP contribution in [0.4, 0.5) is 5.00 Å². The van der Waals surface area contributed by atoms with Crippen molar-refractivity contribution in [3.8, 4) is 6.07 Å². The number of hydrogen-bond donors (Lipinski definition) is 1. The minimum absolute atomic E-state index is 0.0561. The number of anilines is 1. The minimum Gasteiger partial charge on any atom is -0.316 e. The monoisotopic (exact) mass is 456 g/mol. The normalized spacial score (nSPS) is 14.1. The molecule has 1 N–H and O–H groups in total. The summed E-state index contributed by atoms with van der Waals surface area (Å²) < 4.78 is 1.61. The molecule has 0 saturated carbocycles. The van der Waals surface area contributed by atoms with Crippen LogP contribution in [-0.2, 0) is 24.2 Å². The maximum Gasteiger partial charge on any atom is 0.263 e. The van der Waals surface area contributed by atoms with Crippen LogP contribution in [0.25, 0.3) is 10.2 Å². The van der Waals surface area contributed by atoms with Crippen LogP contribution >= 0.6 is 34.4 Å². The van der Waals surface area contributed by atoms with Gasteiger partial charge in [0.25, 0.3) is 5.56 Å². The lowest BCUT2D eigenvalue weighted by Gasteiger charge is -2.15. The SMILES string of the molecule is C=CCn1c(SC(C)C(=O)Nc2sccc2C#N)nc2sc3c(c2c1=O)CCCC3. The molecule has 1 unspecified atom stereocenters. The van der Waals surface area contributed by atoms with E-state index in [-0.39, 0.29) is 11.5 Å². The standard InChI is InChI=1S/C21H20N4O2S3/c1-3-9-25-20(27)16-14-6-4-5-7-15(14)30-19(16)24-21(25)29-12(2)17(26)23-18-13(11-22)8-10-28-18/h3,8,10,12H,1,4-7,9H2,2H3,(H,23,26). The Labute approximate surface area is 186 Å². The van der Waals surface area contributed by atoms with Gasteiger partial charge in [-0.25, -0.2) is 4.98 Å². The first-order valence-electron chi connectivity index (χ1n) is 9.64. The highest BCUT2D eigenvalue weighted by Gasteiger charge is 2.24. The number of thiophene rings is 2. The van der Waals surface area contributed by atoms with Crippen molar-refractivity contribution in [3.63, 3.8) is 0 Å². The summed E-state index contributed by atoms with van der Waals surface area (Å²) in [5.41, 5.74) is 1.54. The van der Waals surface area contributed by atoms with Crippen molar-refractivity contribution in [2.45, 2.75) is 49.6 Å². The zero-order valence-electron chi connectivity index (χ0n) is 16.4. The number of nitrogens with zero attached hydrogens (tertiary/aromatic N) is 3. The van der Waals surface area contributed by atoms with E-state index in [0.717, 1.165) is 41.5 Å². The highest BCUT2D eigenvalue weighted by molar-refractivity contribution is 8.00. The lowest BCUT2D eigenvalue weighted by atomic mass is 9.97. The number of nitrogens with one attached hydrogen (secondary N) is 1. The average Bonchev–Trinajstić information content (AvgIpc) is 3.34. The number of thioether (sulfide) groups is 1. The predicted octanol–water partition coefficient (Wildman–Crippen LogP) is 4.58. The second-order valence-electron chi connectivity index (χ2n) is 7.01. The molecule has 30 heavy (non-hydrogen) atoms. The highest BCUT2D eigenvalue weighted by Crippen LogP contribution is 2.35. The van der Waals surface area contributed by atoms with E-state index in [9.17, 15) is 9.59 Å². The number of rotatable bonds is 6. The van der Waals surface area contributed by atoms with Gasteiger partial charge in [0.1, 0.15) is 15.9 Å². The summed E-state index contributed by atoms with van der Waals surface area (Å²) >= 11 is 4.16. The third kappa shape index (κ3) is 3.83. The van der Waals surface area contributed by atoms with Crippen LogP contribution in [0.15, 0.2) is 34.1 Å². The van der Waals surface area contributed by atoms with Crippen LogP contribution in [0.5, 0.6) is 0 Å². The van der Waals surface area contributed by atoms with Gasteiger partial charge in [-0.1, -0.05) is 17.8 Å². The van der Waals surface area contributed by atoms with E-state index < -0.39 is 5.25 Å². The quantitative estimate of drug-likeness (QED) is 0.333. The van der Waals surface area contributed by atoms with Gasteiger partial charge in [0.05, 0.1) is 16.2 Å². The highest BCUT2D eigenvalue weighted by atomic mass is 32.2. The van der Waals surface area contributed by atoms with Crippen molar-refractivity contribution < 1.29 is 4.79 Å². The Morgan fingerprint density at radius 3 is 3.07 bits per heavy atom. The maximum atomic E-state index is 13.3. The summed E-state index contributed by atoms with van der Waals surface area (Å²) in [6, 6.07) is 3.74. The Balaban J connectivity index is 1.66. The average molecular weight is 457 g/mol. The van der Waals surface area contributed by atoms with Crippen molar-refractivity contribution in [3.05, 3.63) is 50.5 Å². The number of aryl methyl sites for hydroxylation is 2. The first-order valence-corrected chi connectivity index (χ1v) is 12.2.